The number of pyridine rings is 1. The third kappa shape index (κ3) is 8.39. The second kappa shape index (κ2) is 16.8. The quantitative estimate of drug-likeness (QED) is 0.107. The molecule has 326 valence electrons. The second-order valence-corrected chi connectivity index (χ2v) is 19.9. The molecule has 0 unspecified atom stereocenters. The molecule has 9 aromatic rings. The number of ether oxygens (including phenoxy) is 1. The minimum atomic E-state index is -0.383. The molecule has 0 aliphatic heterocycles. The Morgan fingerprint density at radius 2 is 1.16 bits per heavy atom. The van der Waals surface area contributed by atoms with Gasteiger partial charge in [-0.3, -0.25) is 4.57 Å². The van der Waals surface area contributed by atoms with E-state index in [1.807, 2.05) is 24.4 Å². The summed E-state index contributed by atoms with van der Waals surface area (Å²) in [5, 5.41) is 2.26. The van der Waals surface area contributed by atoms with Crippen molar-refractivity contribution in [3.63, 3.8) is 0 Å². The number of hydrogen-bond donors (Lipinski definition) is 0. The van der Waals surface area contributed by atoms with Gasteiger partial charge in [-0.15, -0.1) is 29.7 Å². The van der Waals surface area contributed by atoms with Crippen LogP contribution >= 0.6 is 0 Å². The van der Waals surface area contributed by atoms with Gasteiger partial charge in [0.1, 0.15) is 5.82 Å². The largest absolute Gasteiger partial charge is 0.510 e. The summed E-state index contributed by atoms with van der Waals surface area (Å²) in [4.78, 5) is 4.92. The van der Waals surface area contributed by atoms with E-state index in [1.54, 1.807) is 0 Å². The van der Waals surface area contributed by atoms with Gasteiger partial charge >= 0.3 is 0 Å². The maximum Gasteiger partial charge on any atom is 0.267 e. The van der Waals surface area contributed by atoms with Gasteiger partial charge in [-0.25, -0.2) is 4.98 Å². The molecule has 5 nitrogen and oxygen atoms in total. The van der Waals surface area contributed by atoms with E-state index in [0.717, 1.165) is 44.7 Å². The van der Waals surface area contributed by atoms with Crippen molar-refractivity contribution in [2.45, 2.75) is 90.9 Å². The Hall–Kier alpha value is -6.03. The number of imidazole rings is 1. The molecule has 0 spiro atoms. The summed E-state index contributed by atoms with van der Waals surface area (Å²) in [7, 11) is 0. The van der Waals surface area contributed by atoms with Gasteiger partial charge in [0.2, 0.25) is 0 Å². The first kappa shape index (κ1) is 44.6. The third-order valence-electron chi connectivity index (χ3n) is 12.7. The standard InChI is InChI=1S/C58H56N4O.Pt/c1-55(2,3)42-27-30-51-50(34-42)49-29-28-48(37-52(49)62(51)54-35-43(31-32-59-54)56(4,5)6)63-47-26-18-25-46(36-47)61-39-60(38-53(61)58(9,10)41-21-15-12-16-22-41)45-24-17-23-44(33-45)57(7,8)40-19-13-11-14-20-40;/h11-35,38H,1-10H3;/q-2;. The first-order valence-electron chi connectivity index (χ1n) is 22.0. The van der Waals surface area contributed by atoms with E-state index in [4.69, 9.17) is 9.72 Å². The fraction of sp³-hybridized carbons (Fsp3) is 0.241. The molecule has 0 N–H and O–H groups in total. The van der Waals surface area contributed by atoms with Gasteiger partial charge in [-0.05, 0) is 80.1 Å². The molecule has 0 saturated heterocycles. The maximum atomic E-state index is 6.71. The molecule has 0 amide bonds. The number of nitrogens with zero attached hydrogens (tertiary/aromatic N) is 4. The molecule has 0 atom stereocenters. The van der Waals surface area contributed by atoms with Crippen LogP contribution in [0.15, 0.2) is 158 Å². The van der Waals surface area contributed by atoms with Crippen LogP contribution in [-0.2, 0) is 42.7 Å². The van der Waals surface area contributed by atoms with E-state index < -0.39 is 0 Å². The summed E-state index contributed by atoms with van der Waals surface area (Å²) < 4.78 is 13.2. The van der Waals surface area contributed by atoms with Crippen molar-refractivity contribution in [2.75, 3.05) is 0 Å². The molecule has 0 aliphatic carbocycles. The first-order chi connectivity index (χ1) is 30.0. The molecule has 0 saturated carbocycles. The van der Waals surface area contributed by atoms with Crippen LogP contribution in [0.3, 0.4) is 0 Å². The van der Waals surface area contributed by atoms with Gasteiger partial charge in [0.05, 0.1) is 11.4 Å². The van der Waals surface area contributed by atoms with Crippen LogP contribution in [0.4, 0.5) is 0 Å². The summed E-state index contributed by atoms with van der Waals surface area (Å²) in [6.07, 6.45) is 7.84. The van der Waals surface area contributed by atoms with E-state index in [9.17, 15) is 0 Å². The Morgan fingerprint density at radius 1 is 0.531 bits per heavy atom. The maximum absolute atomic E-state index is 6.71. The number of benzene rings is 6. The van der Waals surface area contributed by atoms with Crippen LogP contribution in [0.2, 0.25) is 0 Å². The van der Waals surface area contributed by atoms with Crippen LogP contribution < -0.4 is 9.30 Å². The van der Waals surface area contributed by atoms with Crippen LogP contribution in [-0.4, -0.2) is 14.1 Å². The van der Waals surface area contributed by atoms with Crippen LogP contribution in [0, 0.1) is 18.5 Å². The minimum Gasteiger partial charge on any atom is -0.510 e. The van der Waals surface area contributed by atoms with Gasteiger partial charge in [0.25, 0.3) is 6.33 Å². The molecular weight excluding hydrogens is 964 g/mol. The molecule has 3 aromatic heterocycles. The van der Waals surface area contributed by atoms with E-state index in [1.165, 1.54) is 27.8 Å². The van der Waals surface area contributed by atoms with Crippen molar-refractivity contribution in [1.29, 1.82) is 0 Å². The summed E-state index contributed by atoms with van der Waals surface area (Å²) >= 11 is 0. The SMILES string of the molecule is CC(C)(C)c1ccnc(-n2c3[c-]c(Oc4[c-]c(-n5[c-][n+](-c6cccc(C(C)(C)c7ccccc7)c6)cc5C(C)(C)c5ccccc5)ccc4)ccc3c3cc(C(C)(C)C)ccc32)c1.[Pt]. The Balaban J connectivity index is 0.00000560. The zero-order valence-corrected chi connectivity index (χ0v) is 40.8. The Labute approximate surface area is 393 Å². The monoisotopic (exact) mass is 1020 g/mol. The summed E-state index contributed by atoms with van der Waals surface area (Å²) in [5.74, 6) is 2.03. The topological polar surface area (TPSA) is 35.9 Å². The fourth-order valence-corrected chi connectivity index (χ4v) is 8.64. The molecule has 6 heteroatoms. The summed E-state index contributed by atoms with van der Waals surface area (Å²) in [5.41, 5.74) is 10.5. The predicted molar refractivity (Wildman–Crippen MR) is 257 cm³/mol. The van der Waals surface area contributed by atoms with Crippen molar-refractivity contribution in [3.8, 4) is 28.7 Å². The van der Waals surface area contributed by atoms with E-state index in [-0.39, 0.29) is 42.7 Å². The molecule has 9 rings (SSSR count). The number of fused-ring (bicyclic) bond motifs is 3. The van der Waals surface area contributed by atoms with Crippen molar-refractivity contribution in [3.05, 3.63) is 210 Å². The van der Waals surface area contributed by atoms with Crippen LogP contribution in [0.25, 0.3) is 39.0 Å². The molecule has 0 fully saturated rings. The van der Waals surface area contributed by atoms with Crippen LogP contribution in [0.1, 0.15) is 103 Å². The van der Waals surface area contributed by atoms with Crippen molar-refractivity contribution in [1.82, 2.24) is 14.1 Å². The normalized spacial score (nSPS) is 12.4. The fourth-order valence-electron chi connectivity index (χ4n) is 8.64. The van der Waals surface area contributed by atoms with Crippen molar-refractivity contribution in [2.24, 2.45) is 0 Å². The molecule has 0 bridgehead atoms. The Bertz CT molecular complexity index is 3110. The molecule has 6 aromatic carbocycles. The zero-order valence-electron chi connectivity index (χ0n) is 38.5. The number of rotatable bonds is 9. The van der Waals surface area contributed by atoms with Crippen molar-refractivity contribution >= 4 is 21.8 Å². The number of hydrogen-bond acceptors (Lipinski definition) is 2. The predicted octanol–water partition coefficient (Wildman–Crippen LogP) is 13.7. The summed E-state index contributed by atoms with van der Waals surface area (Å²) in [6, 6.07) is 58.7. The molecular formula is C58H56N4OPt-2. The van der Waals surface area contributed by atoms with E-state index in [0.29, 0.717) is 11.5 Å². The number of aromatic nitrogens is 4. The smallest absolute Gasteiger partial charge is 0.267 e. The van der Waals surface area contributed by atoms with E-state index in [2.05, 4.69) is 235 Å². The average molecular weight is 1020 g/mol. The van der Waals surface area contributed by atoms with E-state index >= 15 is 0 Å². The van der Waals surface area contributed by atoms with Gasteiger partial charge < -0.3 is 13.9 Å². The summed E-state index contributed by atoms with van der Waals surface area (Å²) in [6.45, 7) is 22.6. The molecule has 3 heterocycles. The third-order valence-corrected chi connectivity index (χ3v) is 12.7. The second-order valence-electron chi connectivity index (χ2n) is 19.9. The van der Waals surface area contributed by atoms with Gasteiger partial charge in [-0.1, -0.05) is 160 Å². The minimum absolute atomic E-state index is 0. The average Bonchev–Trinajstić information content (AvgIpc) is 3.87. The first-order valence-corrected chi connectivity index (χ1v) is 22.0. The Morgan fingerprint density at radius 3 is 1.84 bits per heavy atom. The van der Waals surface area contributed by atoms with Crippen LogP contribution in [0.5, 0.6) is 11.5 Å². The zero-order chi connectivity index (χ0) is 44.3. The Kier molecular flexibility index (Phi) is 11.7. The molecule has 0 radical (unpaired) electrons. The van der Waals surface area contributed by atoms with Gasteiger partial charge in [0.15, 0.2) is 0 Å². The van der Waals surface area contributed by atoms with Crippen molar-refractivity contribution < 1.29 is 30.4 Å². The molecule has 64 heavy (non-hydrogen) atoms. The molecule has 0 aliphatic rings. The van der Waals surface area contributed by atoms with Gasteiger partial charge in [-0.2, -0.15) is 18.2 Å². The van der Waals surface area contributed by atoms with Gasteiger partial charge in [0, 0.05) is 61.3 Å².